The number of hydrogen-bond acceptors (Lipinski definition) is 4. The van der Waals surface area contributed by atoms with Crippen LogP contribution in [0.15, 0.2) is 47.4 Å². The van der Waals surface area contributed by atoms with E-state index in [1.54, 1.807) is 12.1 Å². The van der Waals surface area contributed by atoms with Gasteiger partial charge in [0.25, 0.3) is 10.0 Å². The lowest BCUT2D eigenvalue weighted by Gasteiger charge is -2.28. The van der Waals surface area contributed by atoms with E-state index in [2.05, 4.69) is 9.88 Å². The number of alkyl halides is 3. The minimum atomic E-state index is -4.78. The number of hydrogen-bond donors (Lipinski definition) is 0. The summed E-state index contributed by atoms with van der Waals surface area (Å²) in [5.41, 5.74) is 0.388. The average molecular weight is 423 g/mol. The number of halogens is 3. The summed E-state index contributed by atoms with van der Waals surface area (Å²) in [4.78, 5) is 5.81. The van der Waals surface area contributed by atoms with Gasteiger partial charge in [-0.15, -0.1) is 0 Å². The summed E-state index contributed by atoms with van der Waals surface area (Å²) in [6.07, 6.45) is -1.57. The molecule has 0 aliphatic carbocycles. The highest BCUT2D eigenvalue weighted by atomic mass is 32.2. The third-order valence-electron chi connectivity index (χ3n) is 5.19. The number of nitrogens with zero attached hydrogens (tertiary/aromatic N) is 3. The Bertz CT molecular complexity index is 1160. The highest BCUT2D eigenvalue weighted by molar-refractivity contribution is 7.90. The van der Waals surface area contributed by atoms with E-state index < -0.39 is 26.7 Å². The molecule has 4 rings (SSSR count). The summed E-state index contributed by atoms with van der Waals surface area (Å²) in [5, 5.41) is 0. The summed E-state index contributed by atoms with van der Waals surface area (Å²) in [6.45, 7) is 3.18. The molecule has 0 spiro atoms. The van der Waals surface area contributed by atoms with Gasteiger partial charge in [-0.05, 0) is 50.5 Å². The summed E-state index contributed by atoms with van der Waals surface area (Å²) in [5.74, 6) is 0.126. The zero-order valence-corrected chi connectivity index (χ0v) is 16.6. The van der Waals surface area contributed by atoms with Gasteiger partial charge in [0.15, 0.2) is 0 Å². The van der Waals surface area contributed by atoms with Crippen molar-refractivity contribution in [2.45, 2.75) is 37.3 Å². The lowest BCUT2D eigenvalue weighted by atomic mass is 10.1. The van der Waals surface area contributed by atoms with Crippen LogP contribution in [-0.4, -0.2) is 30.5 Å². The third kappa shape index (κ3) is 3.37. The van der Waals surface area contributed by atoms with Crippen LogP contribution in [-0.2, 0) is 16.2 Å². The van der Waals surface area contributed by atoms with Gasteiger partial charge in [0.1, 0.15) is 16.2 Å². The molecule has 1 saturated heterocycles. The first-order valence-corrected chi connectivity index (χ1v) is 10.8. The van der Waals surface area contributed by atoms with Crippen molar-refractivity contribution in [3.8, 4) is 0 Å². The quantitative estimate of drug-likeness (QED) is 0.618. The molecule has 154 valence electrons. The lowest BCUT2D eigenvalue weighted by Crippen LogP contribution is -2.29. The van der Waals surface area contributed by atoms with Crippen molar-refractivity contribution in [1.29, 1.82) is 0 Å². The fourth-order valence-electron chi connectivity index (χ4n) is 3.90. The van der Waals surface area contributed by atoms with Gasteiger partial charge >= 0.3 is 6.18 Å². The molecule has 0 saturated carbocycles. The van der Waals surface area contributed by atoms with Gasteiger partial charge in [0.05, 0.1) is 16.8 Å². The zero-order valence-electron chi connectivity index (χ0n) is 15.8. The van der Waals surface area contributed by atoms with Crippen LogP contribution in [0.25, 0.3) is 11.0 Å². The minimum Gasteiger partial charge on any atom is -0.370 e. The molecule has 1 aliphatic rings. The first kappa shape index (κ1) is 19.8. The second-order valence-corrected chi connectivity index (χ2v) is 8.87. The molecule has 0 amide bonds. The number of benzene rings is 2. The fraction of sp³-hybridized carbons (Fsp3) is 0.350. The molecule has 0 N–H and O–H groups in total. The number of fused-ring (bicyclic) bond motifs is 1. The van der Waals surface area contributed by atoms with Crippen LogP contribution in [0.1, 0.15) is 30.7 Å². The molecule has 2 aromatic carbocycles. The van der Waals surface area contributed by atoms with Crippen LogP contribution in [0.5, 0.6) is 0 Å². The third-order valence-corrected chi connectivity index (χ3v) is 7.04. The van der Waals surface area contributed by atoms with E-state index in [0.29, 0.717) is 5.52 Å². The number of imidazole rings is 1. The average Bonchev–Trinajstić information content (AvgIpc) is 3.04. The van der Waals surface area contributed by atoms with Crippen LogP contribution in [0.2, 0.25) is 0 Å². The smallest absolute Gasteiger partial charge is 0.370 e. The van der Waals surface area contributed by atoms with Gasteiger partial charge in [-0.3, -0.25) is 0 Å². The van der Waals surface area contributed by atoms with Crippen molar-refractivity contribution in [1.82, 2.24) is 8.96 Å². The SMILES string of the molecule is Cc1nc2c(N3CCCCC3)cccc2n1S(=O)(=O)c1ccccc1C(F)(F)F. The van der Waals surface area contributed by atoms with Gasteiger partial charge in [-0.25, -0.2) is 17.4 Å². The molecule has 1 aromatic heterocycles. The Balaban J connectivity index is 1.92. The van der Waals surface area contributed by atoms with Gasteiger partial charge in [0.2, 0.25) is 0 Å². The van der Waals surface area contributed by atoms with E-state index in [1.165, 1.54) is 19.1 Å². The van der Waals surface area contributed by atoms with Gasteiger partial charge in [-0.2, -0.15) is 13.2 Å². The fourth-order valence-corrected chi connectivity index (χ4v) is 5.60. The van der Waals surface area contributed by atoms with Crippen molar-refractivity contribution in [2.24, 2.45) is 0 Å². The van der Waals surface area contributed by atoms with Crippen LogP contribution in [0.4, 0.5) is 18.9 Å². The summed E-state index contributed by atoms with van der Waals surface area (Å²) >= 11 is 0. The highest BCUT2D eigenvalue weighted by Gasteiger charge is 2.38. The number of anilines is 1. The molecule has 0 radical (unpaired) electrons. The Morgan fingerprint density at radius 2 is 1.66 bits per heavy atom. The van der Waals surface area contributed by atoms with E-state index >= 15 is 0 Å². The summed E-state index contributed by atoms with van der Waals surface area (Å²) in [7, 11) is -4.50. The van der Waals surface area contributed by atoms with Crippen LogP contribution in [0, 0.1) is 6.92 Å². The second-order valence-electron chi connectivity index (χ2n) is 7.11. The number of aromatic nitrogens is 2. The van der Waals surface area contributed by atoms with Crippen LogP contribution >= 0.6 is 0 Å². The first-order valence-electron chi connectivity index (χ1n) is 9.36. The van der Waals surface area contributed by atoms with Gasteiger partial charge in [0, 0.05) is 13.1 Å². The van der Waals surface area contributed by atoms with E-state index in [9.17, 15) is 21.6 Å². The van der Waals surface area contributed by atoms with Crippen molar-refractivity contribution >= 4 is 26.7 Å². The van der Waals surface area contributed by atoms with E-state index in [-0.39, 0.29) is 11.3 Å². The molecule has 29 heavy (non-hydrogen) atoms. The molecule has 9 heteroatoms. The first-order chi connectivity index (χ1) is 13.7. The maximum Gasteiger partial charge on any atom is 0.417 e. The molecule has 1 fully saturated rings. The Kier molecular flexibility index (Phi) is 4.80. The normalized spacial score (nSPS) is 15.8. The number of piperidine rings is 1. The molecule has 0 unspecified atom stereocenters. The molecule has 0 atom stereocenters. The summed E-state index contributed by atoms with van der Waals surface area (Å²) < 4.78 is 67.8. The number of para-hydroxylation sites is 1. The predicted molar refractivity (Wildman–Crippen MR) is 105 cm³/mol. The maximum absolute atomic E-state index is 13.4. The van der Waals surface area contributed by atoms with Crippen molar-refractivity contribution in [3.05, 3.63) is 53.9 Å². The molecule has 3 aromatic rings. The molecule has 2 heterocycles. The zero-order chi connectivity index (χ0) is 20.8. The Morgan fingerprint density at radius 3 is 2.34 bits per heavy atom. The van der Waals surface area contributed by atoms with Crippen molar-refractivity contribution in [2.75, 3.05) is 18.0 Å². The standard InChI is InChI=1S/C20H20F3N3O2S/c1-14-24-19-16(25-12-5-2-6-13-25)9-7-10-17(19)26(14)29(27,28)18-11-4-3-8-15(18)20(21,22)23/h3-4,7-11H,2,5-6,12-13H2,1H3. The minimum absolute atomic E-state index is 0.126. The van der Waals surface area contributed by atoms with Crippen molar-refractivity contribution in [3.63, 3.8) is 0 Å². The van der Waals surface area contributed by atoms with E-state index in [1.807, 2.05) is 6.07 Å². The molecular weight excluding hydrogens is 403 g/mol. The van der Waals surface area contributed by atoms with Crippen molar-refractivity contribution < 1.29 is 21.6 Å². The van der Waals surface area contributed by atoms with Crippen LogP contribution < -0.4 is 4.90 Å². The summed E-state index contributed by atoms with van der Waals surface area (Å²) in [6, 6.07) is 9.40. The Labute approximate surface area is 166 Å². The topological polar surface area (TPSA) is 55.2 Å². The van der Waals surface area contributed by atoms with E-state index in [4.69, 9.17) is 0 Å². The van der Waals surface area contributed by atoms with E-state index in [0.717, 1.165) is 54.1 Å². The van der Waals surface area contributed by atoms with Gasteiger partial charge < -0.3 is 4.90 Å². The second kappa shape index (κ2) is 7.05. The molecule has 0 bridgehead atoms. The van der Waals surface area contributed by atoms with Crippen LogP contribution in [0.3, 0.4) is 0 Å². The Hall–Kier alpha value is -2.55. The highest BCUT2D eigenvalue weighted by Crippen LogP contribution is 2.37. The lowest BCUT2D eigenvalue weighted by molar-refractivity contribution is -0.139. The predicted octanol–water partition coefficient (Wildman–Crippen LogP) is 4.59. The molecule has 5 nitrogen and oxygen atoms in total. The maximum atomic E-state index is 13.4. The molecule has 1 aliphatic heterocycles. The molecular formula is C20H20F3N3O2S. The Morgan fingerprint density at radius 1 is 0.966 bits per heavy atom. The number of aryl methyl sites for hydroxylation is 1. The van der Waals surface area contributed by atoms with Gasteiger partial charge in [-0.1, -0.05) is 18.2 Å². The monoisotopic (exact) mass is 423 g/mol. The number of rotatable bonds is 3. The largest absolute Gasteiger partial charge is 0.417 e.